The first-order chi connectivity index (χ1) is 11.6. The molecule has 0 fully saturated rings. The van der Waals surface area contributed by atoms with E-state index in [0.29, 0.717) is 6.61 Å². The molecule has 1 unspecified atom stereocenters. The molecular formula is C21H44O3. The molecule has 2 N–H and O–H groups in total. The summed E-state index contributed by atoms with van der Waals surface area (Å²) < 4.78 is 5.20. The van der Waals surface area contributed by atoms with Gasteiger partial charge in [-0.05, 0) is 13.3 Å². The third kappa shape index (κ3) is 18.2. The molecule has 0 aliphatic rings. The zero-order valence-corrected chi connectivity index (χ0v) is 16.5. The van der Waals surface area contributed by atoms with Gasteiger partial charge in [0.15, 0.2) is 5.79 Å². The Hall–Kier alpha value is -0.120. The van der Waals surface area contributed by atoms with E-state index in [1.165, 1.54) is 96.8 Å². The molecule has 0 amide bonds. The van der Waals surface area contributed by atoms with Crippen LogP contribution in [0.1, 0.15) is 117 Å². The predicted octanol–water partition coefficient (Wildman–Crippen LogP) is 5.97. The molecule has 0 heterocycles. The summed E-state index contributed by atoms with van der Waals surface area (Å²) >= 11 is 0. The zero-order valence-electron chi connectivity index (χ0n) is 16.5. The molecule has 0 radical (unpaired) electrons. The van der Waals surface area contributed by atoms with E-state index in [9.17, 15) is 5.11 Å². The van der Waals surface area contributed by atoms with E-state index in [0.717, 1.165) is 12.8 Å². The smallest absolute Gasteiger partial charge is 0.186 e. The van der Waals surface area contributed by atoms with Gasteiger partial charge in [0.05, 0.1) is 13.2 Å². The number of rotatable bonds is 19. The fourth-order valence-electron chi connectivity index (χ4n) is 2.99. The fraction of sp³-hybridized carbons (Fsp3) is 1.00. The van der Waals surface area contributed by atoms with Gasteiger partial charge in [0.1, 0.15) is 0 Å². The minimum atomic E-state index is -1.37. The molecule has 0 rings (SSSR count). The van der Waals surface area contributed by atoms with E-state index in [1.807, 2.05) is 0 Å². The summed E-state index contributed by atoms with van der Waals surface area (Å²) in [6, 6.07) is 0. The van der Waals surface area contributed by atoms with Crippen LogP contribution in [0.4, 0.5) is 0 Å². The molecule has 0 aliphatic heterocycles. The van der Waals surface area contributed by atoms with Crippen LogP contribution in [0.2, 0.25) is 0 Å². The van der Waals surface area contributed by atoms with Crippen molar-refractivity contribution in [1.29, 1.82) is 0 Å². The van der Waals surface area contributed by atoms with Crippen LogP contribution in [0.15, 0.2) is 0 Å². The van der Waals surface area contributed by atoms with Crippen molar-refractivity contribution in [1.82, 2.24) is 0 Å². The van der Waals surface area contributed by atoms with Gasteiger partial charge in [0.25, 0.3) is 0 Å². The highest BCUT2D eigenvalue weighted by molar-refractivity contribution is 4.56. The molecule has 3 heteroatoms. The van der Waals surface area contributed by atoms with Crippen LogP contribution in [-0.2, 0) is 4.74 Å². The second kappa shape index (κ2) is 17.7. The molecule has 146 valence electrons. The maximum Gasteiger partial charge on any atom is 0.186 e. The van der Waals surface area contributed by atoms with Crippen molar-refractivity contribution in [2.75, 3.05) is 13.2 Å². The third-order valence-electron chi connectivity index (χ3n) is 4.70. The van der Waals surface area contributed by atoms with Gasteiger partial charge in [-0.1, -0.05) is 103 Å². The first-order valence-corrected chi connectivity index (χ1v) is 10.6. The molecule has 0 saturated carbocycles. The van der Waals surface area contributed by atoms with Gasteiger partial charge in [-0.2, -0.15) is 0 Å². The van der Waals surface area contributed by atoms with Crippen molar-refractivity contribution in [2.45, 2.75) is 122 Å². The molecule has 0 aromatic heterocycles. The average Bonchev–Trinajstić information content (AvgIpc) is 2.57. The van der Waals surface area contributed by atoms with Crippen LogP contribution >= 0.6 is 0 Å². The number of ether oxygens (including phenoxy) is 1. The van der Waals surface area contributed by atoms with Crippen molar-refractivity contribution in [3.8, 4) is 0 Å². The minimum absolute atomic E-state index is 0.341. The molecule has 0 saturated heterocycles. The van der Waals surface area contributed by atoms with Crippen molar-refractivity contribution < 1.29 is 14.9 Å². The summed E-state index contributed by atoms with van der Waals surface area (Å²) in [5.41, 5.74) is 0. The van der Waals surface area contributed by atoms with Gasteiger partial charge in [-0.3, -0.25) is 0 Å². The average molecular weight is 345 g/mol. The lowest BCUT2D eigenvalue weighted by Gasteiger charge is -2.20. The Morgan fingerprint density at radius 1 is 0.625 bits per heavy atom. The second-order valence-electron chi connectivity index (χ2n) is 7.48. The molecule has 0 bridgehead atoms. The lowest BCUT2D eigenvalue weighted by atomic mass is 10.0. The lowest BCUT2D eigenvalue weighted by Crippen LogP contribution is -2.32. The number of aliphatic hydroxyl groups excluding tert-OH is 1. The minimum Gasteiger partial charge on any atom is -0.391 e. The Bertz CT molecular complexity index is 241. The Morgan fingerprint density at radius 2 is 0.958 bits per heavy atom. The lowest BCUT2D eigenvalue weighted by molar-refractivity contribution is -0.211. The highest BCUT2D eigenvalue weighted by atomic mass is 16.6. The SMILES string of the molecule is CCCCCCCCCCCCCCCCCCOC(C)(O)CO. The van der Waals surface area contributed by atoms with Crippen molar-refractivity contribution in [3.05, 3.63) is 0 Å². The summed E-state index contributed by atoms with van der Waals surface area (Å²) in [6.07, 6.45) is 21.6. The Balaban J connectivity index is 3.05. The molecular weight excluding hydrogens is 300 g/mol. The van der Waals surface area contributed by atoms with Gasteiger partial charge >= 0.3 is 0 Å². The number of aliphatic hydroxyl groups is 2. The predicted molar refractivity (Wildman–Crippen MR) is 103 cm³/mol. The number of unbranched alkanes of at least 4 members (excludes halogenated alkanes) is 15. The van der Waals surface area contributed by atoms with Gasteiger partial charge in [-0.25, -0.2) is 0 Å². The van der Waals surface area contributed by atoms with E-state index in [-0.39, 0.29) is 6.61 Å². The Kier molecular flexibility index (Phi) is 17.6. The van der Waals surface area contributed by atoms with Crippen LogP contribution in [0, 0.1) is 0 Å². The Labute approximate surface area is 151 Å². The van der Waals surface area contributed by atoms with Gasteiger partial charge in [0.2, 0.25) is 0 Å². The third-order valence-corrected chi connectivity index (χ3v) is 4.70. The quantitative estimate of drug-likeness (QED) is 0.224. The summed E-state index contributed by atoms with van der Waals surface area (Å²) in [5.74, 6) is -1.37. The van der Waals surface area contributed by atoms with Crippen molar-refractivity contribution in [3.63, 3.8) is 0 Å². The second-order valence-corrected chi connectivity index (χ2v) is 7.48. The van der Waals surface area contributed by atoms with Crippen LogP contribution in [0.25, 0.3) is 0 Å². The monoisotopic (exact) mass is 344 g/mol. The van der Waals surface area contributed by atoms with Crippen LogP contribution < -0.4 is 0 Å². The zero-order chi connectivity index (χ0) is 17.9. The molecule has 3 nitrogen and oxygen atoms in total. The molecule has 1 atom stereocenters. The van der Waals surface area contributed by atoms with Crippen LogP contribution in [0.5, 0.6) is 0 Å². The Morgan fingerprint density at radius 3 is 1.29 bits per heavy atom. The largest absolute Gasteiger partial charge is 0.391 e. The molecule has 0 aromatic carbocycles. The molecule has 0 spiro atoms. The first-order valence-electron chi connectivity index (χ1n) is 10.6. The van der Waals surface area contributed by atoms with E-state index >= 15 is 0 Å². The van der Waals surface area contributed by atoms with Crippen LogP contribution in [0.3, 0.4) is 0 Å². The fourth-order valence-corrected chi connectivity index (χ4v) is 2.99. The molecule has 0 aliphatic carbocycles. The van der Waals surface area contributed by atoms with Crippen molar-refractivity contribution >= 4 is 0 Å². The maximum atomic E-state index is 9.48. The highest BCUT2D eigenvalue weighted by Crippen LogP contribution is 2.14. The van der Waals surface area contributed by atoms with Gasteiger partial charge in [0, 0.05) is 0 Å². The number of hydrogen-bond acceptors (Lipinski definition) is 3. The summed E-state index contributed by atoms with van der Waals surface area (Å²) in [6.45, 7) is 3.97. The highest BCUT2D eigenvalue weighted by Gasteiger charge is 2.18. The topological polar surface area (TPSA) is 49.7 Å². The molecule has 0 aromatic rings. The maximum absolute atomic E-state index is 9.48. The van der Waals surface area contributed by atoms with Gasteiger partial charge in [-0.15, -0.1) is 0 Å². The molecule has 24 heavy (non-hydrogen) atoms. The van der Waals surface area contributed by atoms with E-state index < -0.39 is 5.79 Å². The van der Waals surface area contributed by atoms with E-state index in [4.69, 9.17) is 9.84 Å². The summed E-state index contributed by atoms with van der Waals surface area (Å²) in [4.78, 5) is 0. The standard InChI is InChI=1S/C21H44O3/c1-3-4-5-6-7-8-9-10-11-12-13-14-15-16-17-18-19-24-21(2,23)20-22/h22-23H,3-20H2,1-2H3. The summed E-state index contributed by atoms with van der Waals surface area (Å²) in [7, 11) is 0. The van der Waals surface area contributed by atoms with E-state index in [2.05, 4.69) is 6.92 Å². The normalized spacial score (nSPS) is 14.0. The van der Waals surface area contributed by atoms with Gasteiger partial charge < -0.3 is 14.9 Å². The summed E-state index contributed by atoms with van der Waals surface area (Å²) in [5, 5.41) is 18.3. The van der Waals surface area contributed by atoms with E-state index in [1.54, 1.807) is 0 Å². The van der Waals surface area contributed by atoms with Crippen LogP contribution in [-0.4, -0.2) is 29.2 Å². The number of hydrogen-bond donors (Lipinski definition) is 2. The first kappa shape index (κ1) is 23.9. The van der Waals surface area contributed by atoms with Crippen molar-refractivity contribution in [2.24, 2.45) is 0 Å².